The molecule has 0 unspecified atom stereocenters. The summed E-state index contributed by atoms with van der Waals surface area (Å²) in [6.45, 7) is 2.40. The number of benzene rings is 1. The van der Waals surface area contributed by atoms with Crippen molar-refractivity contribution in [1.29, 1.82) is 5.26 Å². The zero-order chi connectivity index (χ0) is 14.1. The van der Waals surface area contributed by atoms with Crippen LogP contribution in [-0.2, 0) is 6.54 Å². The molecule has 5 nitrogen and oxygen atoms in total. The van der Waals surface area contributed by atoms with Crippen molar-refractivity contribution in [1.82, 2.24) is 14.8 Å². The van der Waals surface area contributed by atoms with E-state index in [1.807, 2.05) is 25.3 Å². The van der Waals surface area contributed by atoms with Gasteiger partial charge in [-0.2, -0.15) is 10.4 Å². The highest BCUT2D eigenvalue weighted by Gasteiger charge is 2.10. The molecule has 3 rings (SSSR count). The van der Waals surface area contributed by atoms with Crippen molar-refractivity contribution in [3.8, 4) is 17.3 Å². The molecule has 2 aromatic heterocycles. The molecule has 2 heterocycles. The molecule has 20 heavy (non-hydrogen) atoms. The van der Waals surface area contributed by atoms with Gasteiger partial charge in [-0.25, -0.2) is 4.68 Å². The fourth-order valence-corrected chi connectivity index (χ4v) is 2.28. The van der Waals surface area contributed by atoms with Crippen molar-refractivity contribution in [3.63, 3.8) is 0 Å². The monoisotopic (exact) mass is 264 g/mol. The lowest BCUT2D eigenvalue weighted by Gasteiger charge is -2.03. The molecule has 0 aliphatic carbocycles. The molecule has 98 valence electrons. The first-order chi connectivity index (χ1) is 9.74. The maximum absolute atomic E-state index is 11.6. The maximum atomic E-state index is 11.6. The molecule has 0 spiro atoms. The van der Waals surface area contributed by atoms with E-state index >= 15 is 0 Å². The SMILES string of the molecule is CCn1nc(-c2c[nH]c3c(C#N)cccc23)ccc1=O. The Labute approximate surface area is 115 Å². The number of nitrogens with zero attached hydrogens (tertiary/aromatic N) is 3. The summed E-state index contributed by atoms with van der Waals surface area (Å²) in [7, 11) is 0. The summed E-state index contributed by atoms with van der Waals surface area (Å²) in [4.78, 5) is 14.7. The predicted molar refractivity (Wildman–Crippen MR) is 76.2 cm³/mol. The van der Waals surface area contributed by atoms with Gasteiger partial charge in [0, 0.05) is 29.8 Å². The van der Waals surface area contributed by atoms with E-state index in [0.29, 0.717) is 17.8 Å². The van der Waals surface area contributed by atoms with Crippen LogP contribution in [0.15, 0.2) is 41.3 Å². The number of nitrogens with one attached hydrogen (secondary N) is 1. The average Bonchev–Trinajstić information content (AvgIpc) is 2.91. The van der Waals surface area contributed by atoms with Crippen LogP contribution in [0.5, 0.6) is 0 Å². The van der Waals surface area contributed by atoms with E-state index in [9.17, 15) is 4.79 Å². The molecule has 0 atom stereocenters. The van der Waals surface area contributed by atoms with Gasteiger partial charge in [-0.3, -0.25) is 4.79 Å². The number of aromatic amines is 1. The van der Waals surface area contributed by atoms with Crippen molar-refractivity contribution in [2.45, 2.75) is 13.5 Å². The molecule has 0 aliphatic heterocycles. The molecule has 1 aromatic carbocycles. The number of nitriles is 1. The van der Waals surface area contributed by atoms with Crippen LogP contribution in [0.1, 0.15) is 12.5 Å². The van der Waals surface area contributed by atoms with E-state index in [1.165, 1.54) is 10.7 Å². The summed E-state index contributed by atoms with van der Waals surface area (Å²) in [5, 5.41) is 14.4. The third-order valence-electron chi connectivity index (χ3n) is 3.28. The first kappa shape index (κ1) is 12.2. The number of hydrogen-bond donors (Lipinski definition) is 1. The first-order valence-electron chi connectivity index (χ1n) is 6.33. The second-order valence-electron chi connectivity index (χ2n) is 4.41. The van der Waals surface area contributed by atoms with Crippen LogP contribution in [0, 0.1) is 11.3 Å². The number of H-pyrrole nitrogens is 1. The van der Waals surface area contributed by atoms with Crippen LogP contribution in [0.2, 0.25) is 0 Å². The molecule has 0 fully saturated rings. The van der Waals surface area contributed by atoms with Gasteiger partial charge in [-0.1, -0.05) is 12.1 Å². The zero-order valence-corrected chi connectivity index (χ0v) is 10.9. The van der Waals surface area contributed by atoms with Gasteiger partial charge in [-0.15, -0.1) is 0 Å². The molecule has 0 bridgehead atoms. The minimum Gasteiger partial charge on any atom is -0.359 e. The molecule has 3 aromatic rings. The number of rotatable bonds is 2. The Balaban J connectivity index is 2.26. The fraction of sp³-hybridized carbons (Fsp3) is 0.133. The topological polar surface area (TPSA) is 74.5 Å². The van der Waals surface area contributed by atoms with E-state index in [-0.39, 0.29) is 5.56 Å². The number of fused-ring (bicyclic) bond motifs is 1. The normalized spacial score (nSPS) is 10.6. The quantitative estimate of drug-likeness (QED) is 0.771. The van der Waals surface area contributed by atoms with Gasteiger partial charge in [0.1, 0.15) is 6.07 Å². The molecule has 0 amide bonds. The van der Waals surface area contributed by atoms with Crippen molar-refractivity contribution in [2.75, 3.05) is 0 Å². The Morgan fingerprint density at radius 2 is 2.20 bits per heavy atom. The summed E-state index contributed by atoms with van der Waals surface area (Å²) in [5.41, 5.74) is 2.87. The maximum Gasteiger partial charge on any atom is 0.266 e. The Morgan fingerprint density at radius 3 is 2.95 bits per heavy atom. The van der Waals surface area contributed by atoms with Gasteiger partial charge < -0.3 is 4.98 Å². The van der Waals surface area contributed by atoms with Crippen molar-refractivity contribution in [3.05, 3.63) is 52.4 Å². The van der Waals surface area contributed by atoms with E-state index in [0.717, 1.165) is 16.5 Å². The lowest BCUT2D eigenvalue weighted by atomic mass is 10.1. The Bertz CT molecular complexity index is 883. The van der Waals surface area contributed by atoms with Gasteiger partial charge in [0.25, 0.3) is 5.56 Å². The summed E-state index contributed by atoms with van der Waals surface area (Å²) in [5.74, 6) is 0. The molecule has 0 saturated carbocycles. The van der Waals surface area contributed by atoms with Crippen LogP contribution in [0.4, 0.5) is 0 Å². The number of para-hydroxylation sites is 1. The molecule has 0 aliphatic rings. The van der Waals surface area contributed by atoms with Gasteiger partial charge >= 0.3 is 0 Å². The van der Waals surface area contributed by atoms with Crippen molar-refractivity contribution in [2.24, 2.45) is 0 Å². The van der Waals surface area contributed by atoms with Crippen LogP contribution >= 0.6 is 0 Å². The van der Waals surface area contributed by atoms with E-state index < -0.39 is 0 Å². The number of aromatic nitrogens is 3. The predicted octanol–water partition coefficient (Wildman–Crippen LogP) is 2.28. The third-order valence-corrected chi connectivity index (χ3v) is 3.28. The van der Waals surface area contributed by atoms with Crippen LogP contribution in [0.25, 0.3) is 22.2 Å². The largest absolute Gasteiger partial charge is 0.359 e. The Kier molecular flexibility index (Phi) is 2.84. The van der Waals surface area contributed by atoms with Crippen LogP contribution < -0.4 is 5.56 Å². The van der Waals surface area contributed by atoms with E-state index in [2.05, 4.69) is 16.2 Å². The van der Waals surface area contributed by atoms with E-state index in [1.54, 1.807) is 12.1 Å². The molecule has 0 radical (unpaired) electrons. The van der Waals surface area contributed by atoms with Gasteiger partial charge in [0.2, 0.25) is 0 Å². The Hall–Kier alpha value is -2.87. The van der Waals surface area contributed by atoms with E-state index in [4.69, 9.17) is 5.26 Å². The van der Waals surface area contributed by atoms with Gasteiger partial charge in [-0.05, 0) is 19.1 Å². The number of hydrogen-bond acceptors (Lipinski definition) is 3. The minimum atomic E-state index is -0.117. The highest BCUT2D eigenvalue weighted by molar-refractivity contribution is 5.97. The standard InChI is InChI=1S/C15H12N4O/c1-2-19-14(20)7-6-13(18-19)12-9-17-15-10(8-16)4-3-5-11(12)15/h3-7,9,17H,2H2,1H3. The minimum absolute atomic E-state index is 0.117. The van der Waals surface area contributed by atoms with Gasteiger partial charge in [0.15, 0.2) is 0 Å². The average molecular weight is 264 g/mol. The smallest absolute Gasteiger partial charge is 0.266 e. The first-order valence-corrected chi connectivity index (χ1v) is 6.33. The highest BCUT2D eigenvalue weighted by atomic mass is 16.1. The summed E-state index contributed by atoms with van der Waals surface area (Å²) >= 11 is 0. The summed E-state index contributed by atoms with van der Waals surface area (Å²) in [6, 6.07) is 10.9. The Morgan fingerprint density at radius 1 is 1.35 bits per heavy atom. The van der Waals surface area contributed by atoms with Crippen LogP contribution in [-0.4, -0.2) is 14.8 Å². The number of aryl methyl sites for hydroxylation is 1. The lowest BCUT2D eigenvalue weighted by Crippen LogP contribution is -2.20. The van der Waals surface area contributed by atoms with Crippen LogP contribution in [0.3, 0.4) is 0 Å². The zero-order valence-electron chi connectivity index (χ0n) is 10.9. The molecule has 5 heteroatoms. The molecule has 0 saturated heterocycles. The second-order valence-corrected chi connectivity index (χ2v) is 4.41. The molecular weight excluding hydrogens is 252 g/mol. The van der Waals surface area contributed by atoms with Crippen molar-refractivity contribution >= 4 is 10.9 Å². The highest BCUT2D eigenvalue weighted by Crippen LogP contribution is 2.28. The molecular formula is C15H12N4O. The molecule has 1 N–H and O–H groups in total. The summed E-state index contributed by atoms with van der Waals surface area (Å²) < 4.78 is 1.42. The lowest BCUT2D eigenvalue weighted by molar-refractivity contribution is 0.619. The fourth-order valence-electron chi connectivity index (χ4n) is 2.28. The van der Waals surface area contributed by atoms with Crippen molar-refractivity contribution < 1.29 is 0 Å². The summed E-state index contributed by atoms with van der Waals surface area (Å²) in [6.07, 6.45) is 1.82. The second kappa shape index (κ2) is 4.67. The van der Waals surface area contributed by atoms with Gasteiger partial charge in [0.05, 0.1) is 16.8 Å². The third kappa shape index (κ3) is 1.79.